The number of ether oxygens (including phenoxy) is 1. The number of aromatic nitrogens is 6. The number of anilines is 1. The number of hydrogen-bond acceptors (Lipinski definition) is 9. The molecule has 0 unspecified atom stereocenters. The van der Waals surface area contributed by atoms with Crippen LogP contribution < -0.4 is 15.4 Å². The summed E-state index contributed by atoms with van der Waals surface area (Å²) in [7, 11) is 0. The Kier molecular flexibility index (Phi) is 8.02. The molecule has 1 fully saturated rings. The molecule has 1 saturated carbocycles. The number of hydrogen-bond donors (Lipinski definition) is 2. The monoisotopic (exact) mass is 706 g/mol. The first-order valence-electron chi connectivity index (χ1n) is 15.7. The second-order valence-corrected chi connectivity index (χ2v) is 13.4. The fourth-order valence-corrected chi connectivity index (χ4v) is 6.21. The van der Waals surface area contributed by atoms with Crippen molar-refractivity contribution in [2.75, 3.05) is 4.90 Å². The number of benzene rings is 1. The number of carbonyl (C=O) groups excluding carboxylic acids is 2. The average Bonchev–Trinajstić information content (AvgIpc) is 3.79. The average molecular weight is 707 g/mol. The highest BCUT2D eigenvalue weighted by molar-refractivity contribution is 6.30. The van der Waals surface area contributed by atoms with Crippen LogP contribution in [0.25, 0.3) is 22.2 Å². The van der Waals surface area contributed by atoms with Crippen LogP contribution in [0.3, 0.4) is 0 Å². The third kappa shape index (κ3) is 6.00. The van der Waals surface area contributed by atoms with Crippen molar-refractivity contribution in [3.8, 4) is 16.9 Å². The molecule has 50 heavy (non-hydrogen) atoms. The predicted molar refractivity (Wildman–Crippen MR) is 175 cm³/mol. The standard InChI is InChI=1S/C34H30ClF3N8O4/c1-16(30-41-13-20(36)14-42-30)46-31-27(28(44-46)33(2,3)49)25(26(29(39)47)22(43-31)10-17-4-5-17)18-6-9-23-24(11-18)50-34(37,38)32(48)45(23)15-21-8-7-19(35)12-40-21/h6-9,11-14,16-17,49H,4-5,10,15H2,1-3H3,(H2,39,47)/t16-/m0/s1. The summed E-state index contributed by atoms with van der Waals surface area (Å²) >= 11 is 5.94. The zero-order valence-electron chi connectivity index (χ0n) is 27.0. The minimum atomic E-state index is -4.23. The number of fused-ring (bicyclic) bond motifs is 2. The van der Waals surface area contributed by atoms with E-state index in [1.54, 1.807) is 13.0 Å². The number of aliphatic hydroxyl groups is 1. The molecule has 5 aromatic rings. The molecule has 7 rings (SSSR count). The maximum atomic E-state index is 15.2. The molecule has 1 aliphatic carbocycles. The van der Waals surface area contributed by atoms with Crippen LogP contribution in [-0.2, 0) is 23.4 Å². The van der Waals surface area contributed by atoms with E-state index in [1.807, 2.05) is 0 Å². The van der Waals surface area contributed by atoms with Crippen LogP contribution in [0.5, 0.6) is 5.75 Å². The van der Waals surface area contributed by atoms with E-state index in [4.69, 9.17) is 32.2 Å². The van der Waals surface area contributed by atoms with E-state index in [0.29, 0.717) is 22.8 Å². The van der Waals surface area contributed by atoms with E-state index in [0.717, 1.165) is 30.1 Å². The van der Waals surface area contributed by atoms with Gasteiger partial charge in [-0.3, -0.25) is 19.5 Å². The van der Waals surface area contributed by atoms with Gasteiger partial charge in [0.2, 0.25) is 0 Å². The summed E-state index contributed by atoms with van der Waals surface area (Å²) in [6, 6.07) is 6.57. The smallest absolute Gasteiger partial charge is 0.423 e. The zero-order valence-corrected chi connectivity index (χ0v) is 27.7. The van der Waals surface area contributed by atoms with Crippen molar-refractivity contribution in [2.24, 2.45) is 11.7 Å². The van der Waals surface area contributed by atoms with Crippen molar-refractivity contribution in [1.29, 1.82) is 0 Å². The first-order valence-corrected chi connectivity index (χ1v) is 16.1. The second kappa shape index (κ2) is 12.0. The van der Waals surface area contributed by atoms with Gasteiger partial charge in [0.05, 0.1) is 52.0 Å². The van der Waals surface area contributed by atoms with Crippen molar-refractivity contribution in [3.05, 3.63) is 88.2 Å². The molecule has 1 aromatic carbocycles. The summed E-state index contributed by atoms with van der Waals surface area (Å²) in [5.41, 5.74) is 5.86. The molecule has 0 bridgehead atoms. The Hall–Kier alpha value is -5.15. The minimum absolute atomic E-state index is 0.0287. The number of halogens is 4. The van der Waals surface area contributed by atoms with E-state index in [-0.39, 0.29) is 63.1 Å². The SMILES string of the molecule is C[C@@H](c1ncc(F)cn1)n1nc(C(C)(C)O)c2c(-c3ccc4c(c3)OC(F)(F)C(=O)N4Cc3ccc(Cl)cn3)c(C(N)=O)c(CC3CC3)nc21. The lowest BCUT2D eigenvalue weighted by Gasteiger charge is -2.33. The highest BCUT2D eigenvalue weighted by Crippen LogP contribution is 2.46. The maximum Gasteiger partial charge on any atom is 0.482 e. The van der Waals surface area contributed by atoms with Crippen LogP contribution in [0, 0.1) is 11.7 Å². The third-order valence-electron chi connectivity index (χ3n) is 8.68. The Bertz CT molecular complexity index is 2170. The van der Waals surface area contributed by atoms with Crippen molar-refractivity contribution in [2.45, 2.75) is 64.3 Å². The van der Waals surface area contributed by atoms with Crippen LogP contribution in [0.15, 0.2) is 48.9 Å². The van der Waals surface area contributed by atoms with Gasteiger partial charge in [0.25, 0.3) is 5.91 Å². The van der Waals surface area contributed by atoms with Crippen LogP contribution >= 0.6 is 11.6 Å². The van der Waals surface area contributed by atoms with E-state index >= 15 is 8.78 Å². The summed E-state index contributed by atoms with van der Waals surface area (Å²) in [6.45, 7) is 4.40. The molecule has 0 saturated heterocycles. The van der Waals surface area contributed by atoms with Crippen LogP contribution in [0.1, 0.15) is 72.9 Å². The molecule has 0 spiro atoms. The summed E-state index contributed by atoms with van der Waals surface area (Å²) in [6.07, 6.45) is 1.36. The number of carbonyl (C=O) groups is 2. The van der Waals surface area contributed by atoms with Gasteiger partial charge in [0.15, 0.2) is 23.0 Å². The maximum absolute atomic E-state index is 15.2. The highest BCUT2D eigenvalue weighted by Gasteiger charge is 2.51. The third-order valence-corrected chi connectivity index (χ3v) is 8.90. The Morgan fingerprint density at radius 2 is 1.88 bits per heavy atom. The van der Waals surface area contributed by atoms with Crippen molar-refractivity contribution >= 4 is 40.1 Å². The van der Waals surface area contributed by atoms with Crippen molar-refractivity contribution in [1.82, 2.24) is 29.7 Å². The predicted octanol–water partition coefficient (Wildman–Crippen LogP) is 5.48. The van der Waals surface area contributed by atoms with Crippen molar-refractivity contribution < 1.29 is 32.6 Å². The van der Waals surface area contributed by atoms with Crippen molar-refractivity contribution in [3.63, 3.8) is 0 Å². The summed E-state index contributed by atoms with van der Waals surface area (Å²) < 4.78 is 50.5. The van der Waals surface area contributed by atoms with Crippen LogP contribution in [-0.4, -0.2) is 52.7 Å². The Balaban J connectivity index is 1.48. The fraction of sp³-hybridized carbons (Fsp3) is 0.324. The lowest BCUT2D eigenvalue weighted by Crippen LogP contribution is -2.50. The molecule has 258 valence electrons. The number of pyridine rings is 2. The van der Waals surface area contributed by atoms with Gasteiger partial charge < -0.3 is 15.6 Å². The Morgan fingerprint density at radius 1 is 1.16 bits per heavy atom. The molecular weight excluding hydrogens is 677 g/mol. The van der Waals surface area contributed by atoms with Crippen LogP contribution in [0.4, 0.5) is 18.9 Å². The van der Waals surface area contributed by atoms with E-state index in [2.05, 4.69) is 15.0 Å². The number of amides is 2. The molecule has 12 nitrogen and oxygen atoms in total. The molecule has 2 amide bonds. The molecule has 1 aliphatic heterocycles. The zero-order chi connectivity index (χ0) is 35.7. The fourth-order valence-electron chi connectivity index (χ4n) is 6.10. The van der Waals surface area contributed by atoms with E-state index in [9.17, 15) is 19.1 Å². The summed E-state index contributed by atoms with van der Waals surface area (Å²) in [5, 5.41) is 16.7. The van der Waals surface area contributed by atoms with Crippen LogP contribution in [0.2, 0.25) is 5.02 Å². The molecule has 4 aromatic heterocycles. The lowest BCUT2D eigenvalue weighted by molar-refractivity contribution is -0.193. The number of nitrogens with zero attached hydrogens (tertiary/aromatic N) is 7. The summed E-state index contributed by atoms with van der Waals surface area (Å²) in [4.78, 5) is 44.4. The number of primary amides is 1. The van der Waals surface area contributed by atoms with E-state index in [1.165, 1.54) is 49.0 Å². The molecule has 5 heterocycles. The minimum Gasteiger partial charge on any atom is -0.423 e. The highest BCUT2D eigenvalue weighted by atomic mass is 35.5. The second-order valence-electron chi connectivity index (χ2n) is 13.0. The van der Waals surface area contributed by atoms with Gasteiger partial charge in [-0.05, 0) is 75.8 Å². The van der Waals surface area contributed by atoms with Gasteiger partial charge >= 0.3 is 12.0 Å². The van der Waals surface area contributed by atoms with E-state index < -0.39 is 35.4 Å². The topological polar surface area (TPSA) is 162 Å². The molecule has 16 heteroatoms. The first kappa shape index (κ1) is 33.4. The quantitative estimate of drug-likeness (QED) is 0.202. The lowest BCUT2D eigenvalue weighted by atomic mass is 9.89. The molecule has 2 aliphatic rings. The number of rotatable bonds is 9. The van der Waals surface area contributed by atoms with Gasteiger partial charge in [-0.2, -0.15) is 13.9 Å². The van der Waals surface area contributed by atoms with Gasteiger partial charge in [-0.1, -0.05) is 17.7 Å². The van der Waals surface area contributed by atoms with Gasteiger partial charge in [-0.15, -0.1) is 0 Å². The number of nitrogens with two attached hydrogens (primary N) is 1. The molecule has 3 N–H and O–H groups in total. The Labute approximate surface area is 288 Å². The number of alkyl halides is 2. The largest absolute Gasteiger partial charge is 0.482 e. The summed E-state index contributed by atoms with van der Waals surface area (Å²) in [5.74, 6) is -2.96. The Morgan fingerprint density at radius 3 is 2.50 bits per heavy atom. The van der Waals surface area contributed by atoms with Gasteiger partial charge in [0, 0.05) is 11.8 Å². The molecule has 0 radical (unpaired) electrons. The first-order chi connectivity index (χ1) is 23.6. The van der Waals surface area contributed by atoms with Gasteiger partial charge in [-0.25, -0.2) is 24.0 Å². The molecular formula is C34H30ClF3N8O4. The van der Waals surface area contributed by atoms with Gasteiger partial charge in [0.1, 0.15) is 17.3 Å². The normalized spacial score (nSPS) is 16.3. The molecule has 1 atom stereocenters.